The van der Waals surface area contributed by atoms with Gasteiger partial charge in [-0.15, -0.1) is 0 Å². The number of carbonyl (C=O) groups is 1. The maximum atomic E-state index is 12.7. The average Bonchev–Trinajstić information content (AvgIpc) is 2.62. The first-order chi connectivity index (χ1) is 11.6. The lowest BCUT2D eigenvalue weighted by Crippen LogP contribution is -2.44. The number of carbonyl (C=O) groups excluding carboxylic acids is 1. The van der Waals surface area contributed by atoms with Crippen molar-refractivity contribution in [2.75, 3.05) is 31.6 Å². The average molecular weight is 324 g/mol. The van der Waals surface area contributed by atoms with Crippen LogP contribution in [-0.4, -0.2) is 43.7 Å². The summed E-state index contributed by atoms with van der Waals surface area (Å²) in [6.45, 7) is 4.74. The zero-order chi connectivity index (χ0) is 16.9. The molecule has 1 aliphatic heterocycles. The van der Waals surface area contributed by atoms with E-state index in [1.807, 2.05) is 61.3 Å². The summed E-state index contributed by atoms with van der Waals surface area (Å²) in [5.41, 5.74) is 3.03. The molecule has 3 rings (SSSR count). The van der Waals surface area contributed by atoms with Crippen molar-refractivity contribution in [1.82, 2.24) is 4.90 Å². The van der Waals surface area contributed by atoms with Crippen LogP contribution in [0.25, 0.3) is 0 Å². The molecule has 1 saturated heterocycles. The fourth-order valence-electron chi connectivity index (χ4n) is 3.01. The first kappa shape index (κ1) is 16.5. The zero-order valence-electron chi connectivity index (χ0n) is 14.3. The lowest BCUT2D eigenvalue weighted by atomic mass is 10.1. The molecule has 1 amide bonds. The second kappa shape index (κ2) is 7.49. The molecule has 1 fully saturated rings. The van der Waals surface area contributed by atoms with Crippen LogP contribution in [0.2, 0.25) is 0 Å². The summed E-state index contributed by atoms with van der Waals surface area (Å²) in [5.74, 6) is 0.0834. The molecule has 0 saturated carbocycles. The highest BCUT2D eigenvalue weighted by molar-refractivity contribution is 5.95. The maximum absolute atomic E-state index is 12.7. The number of amides is 1. The molecule has 0 bridgehead atoms. The van der Waals surface area contributed by atoms with Gasteiger partial charge in [-0.25, -0.2) is 0 Å². The lowest BCUT2D eigenvalue weighted by Gasteiger charge is -2.31. The first-order valence-electron chi connectivity index (χ1n) is 8.39. The normalized spacial score (nSPS) is 17.6. The molecule has 0 radical (unpaired) electrons. The molecular weight excluding hydrogens is 300 g/mol. The van der Waals surface area contributed by atoms with Crippen LogP contribution in [-0.2, 0) is 11.3 Å². The summed E-state index contributed by atoms with van der Waals surface area (Å²) in [7, 11) is 2.05. The highest BCUT2D eigenvalue weighted by Gasteiger charge is 2.22. The Bertz CT molecular complexity index is 687. The van der Waals surface area contributed by atoms with Crippen molar-refractivity contribution in [2.24, 2.45) is 0 Å². The predicted octanol–water partition coefficient (Wildman–Crippen LogP) is 3.18. The summed E-state index contributed by atoms with van der Waals surface area (Å²) in [6.07, 6.45) is 0.103. The minimum Gasteiger partial charge on any atom is -0.375 e. The molecular formula is C20H24N2O2. The van der Waals surface area contributed by atoms with E-state index in [0.29, 0.717) is 19.7 Å². The number of benzene rings is 2. The second-order valence-corrected chi connectivity index (χ2v) is 6.32. The smallest absolute Gasteiger partial charge is 0.254 e. The first-order valence-corrected chi connectivity index (χ1v) is 8.39. The van der Waals surface area contributed by atoms with Crippen molar-refractivity contribution in [3.05, 3.63) is 65.7 Å². The van der Waals surface area contributed by atoms with E-state index in [4.69, 9.17) is 4.74 Å². The predicted molar refractivity (Wildman–Crippen MR) is 96.3 cm³/mol. The van der Waals surface area contributed by atoms with Crippen molar-refractivity contribution in [1.29, 1.82) is 0 Å². The lowest BCUT2D eigenvalue weighted by molar-refractivity contribution is -0.0124. The van der Waals surface area contributed by atoms with E-state index in [9.17, 15) is 4.79 Å². The SMILES string of the molecule is CC1CN(C(=O)c2cccc(N(C)Cc3ccccc3)c2)CCO1. The maximum Gasteiger partial charge on any atom is 0.254 e. The van der Waals surface area contributed by atoms with Crippen LogP contribution in [0, 0.1) is 0 Å². The van der Waals surface area contributed by atoms with Gasteiger partial charge in [-0.2, -0.15) is 0 Å². The number of ether oxygens (including phenoxy) is 1. The van der Waals surface area contributed by atoms with Crippen molar-refractivity contribution in [3.63, 3.8) is 0 Å². The Kier molecular flexibility index (Phi) is 5.16. The number of anilines is 1. The van der Waals surface area contributed by atoms with E-state index < -0.39 is 0 Å². The van der Waals surface area contributed by atoms with Crippen LogP contribution >= 0.6 is 0 Å². The van der Waals surface area contributed by atoms with Gasteiger partial charge in [-0.05, 0) is 30.7 Å². The molecule has 0 aliphatic carbocycles. The molecule has 2 aromatic rings. The van der Waals surface area contributed by atoms with Gasteiger partial charge in [0.05, 0.1) is 12.7 Å². The quantitative estimate of drug-likeness (QED) is 0.866. The molecule has 1 heterocycles. The van der Waals surface area contributed by atoms with E-state index in [-0.39, 0.29) is 12.0 Å². The summed E-state index contributed by atoms with van der Waals surface area (Å²) in [5, 5.41) is 0. The number of hydrogen-bond acceptors (Lipinski definition) is 3. The van der Waals surface area contributed by atoms with Gasteiger partial charge in [0.2, 0.25) is 0 Å². The van der Waals surface area contributed by atoms with Gasteiger partial charge >= 0.3 is 0 Å². The molecule has 0 spiro atoms. The number of hydrogen-bond donors (Lipinski definition) is 0. The van der Waals surface area contributed by atoms with Gasteiger partial charge in [0.15, 0.2) is 0 Å². The molecule has 4 heteroatoms. The van der Waals surface area contributed by atoms with Gasteiger partial charge < -0.3 is 14.5 Å². The van der Waals surface area contributed by atoms with Gasteiger partial charge in [-0.3, -0.25) is 4.79 Å². The highest BCUT2D eigenvalue weighted by atomic mass is 16.5. The Labute approximate surface area is 143 Å². The fourth-order valence-corrected chi connectivity index (χ4v) is 3.01. The Morgan fingerprint density at radius 1 is 1.21 bits per heavy atom. The van der Waals surface area contributed by atoms with Gasteiger partial charge in [0.1, 0.15) is 0 Å². The van der Waals surface area contributed by atoms with Gasteiger partial charge in [0, 0.05) is 37.9 Å². The Morgan fingerprint density at radius 2 is 2.00 bits per heavy atom. The molecule has 2 aromatic carbocycles. The largest absolute Gasteiger partial charge is 0.375 e. The standard InChI is InChI=1S/C20H24N2O2/c1-16-14-22(11-12-24-16)20(23)18-9-6-10-19(13-18)21(2)15-17-7-4-3-5-8-17/h3-10,13,16H,11-12,14-15H2,1-2H3. The van der Waals surface area contributed by atoms with E-state index in [2.05, 4.69) is 17.0 Å². The minimum absolute atomic E-state index is 0.0834. The zero-order valence-corrected chi connectivity index (χ0v) is 14.3. The molecule has 0 N–H and O–H groups in total. The highest BCUT2D eigenvalue weighted by Crippen LogP contribution is 2.19. The molecule has 1 aliphatic rings. The van der Waals surface area contributed by atoms with Crippen LogP contribution in [0.4, 0.5) is 5.69 Å². The van der Waals surface area contributed by atoms with Crippen LogP contribution in [0.15, 0.2) is 54.6 Å². The molecule has 0 aromatic heterocycles. The monoisotopic (exact) mass is 324 g/mol. The van der Waals surface area contributed by atoms with Crippen molar-refractivity contribution < 1.29 is 9.53 Å². The molecule has 1 atom stereocenters. The molecule has 4 nitrogen and oxygen atoms in total. The Hall–Kier alpha value is -2.33. The van der Waals surface area contributed by atoms with Gasteiger partial charge in [-0.1, -0.05) is 36.4 Å². The van der Waals surface area contributed by atoms with Crippen molar-refractivity contribution >= 4 is 11.6 Å². The molecule has 1 unspecified atom stereocenters. The molecule has 24 heavy (non-hydrogen) atoms. The van der Waals surface area contributed by atoms with E-state index in [1.165, 1.54) is 5.56 Å². The van der Waals surface area contributed by atoms with Crippen LogP contribution in [0.5, 0.6) is 0 Å². The Morgan fingerprint density at radius 3 is 2.75 bits per heavy atom. The third-order valence-corrected chi connectivity index (χ3v) is 4.32. The summed E-state index contributed by atoms with van der Waals surface area (Å²) in [6, 6.07) is 18.2. The van der Waals surface area contributed by atoms with Crippen molar-refractivity contribution in [2.45, 2.75) is 19.6 Å². The van der Waals surface area contributed by atoms with Crippen LogP contribution in [0.3, 0.4) is 0 Å². The van der Waals surface area contributed by atoms with E-state index in [0.717, 1.165) is 17.8 Å². The summed E-state index contributed by atoms with van der Waals surface area (Å²) in [4.78, 5) is 16.8. The number of rotatable bonds is 4. The third kappa shape index (κ3) is 3.95. The van der Waals surface area contributed by atoms with E-state index >= 15 is 0 Å². The summed E-state index contributed by atoms with van der Waals surface area (Å²) >= 11 is 0. The number of morpholine rings is 1. The molecule has 126 valence electrons. The van der Waals surface area contributed by atoms with E-state index in [1.54, 1.807) is 0 Å². The minimum atomic E-state index is 0.0834. The van der Waals surface area contributed by atoms with Gasteiger partial charge in [0.25, 0.3) is 5.91 Å². The summed E-state index contributed by atoms with van der Waals surface area (Å²) < 4.78 is 5.52. The third-order valence-electron chi connectivity index (χ3n) is 4.32. The topological polar surface area (TPSA) is 32.8 Å². The Balaban J connectivity index is 1.72. The fraction of sp³-hybridized carbons (Fsp3) is 0.350. The van der Waals surface area contributed by atoms with Crippen LogP contribution in [0.1, 0.15) is 22.8 Å². The number of nitrogens with zero attached hydrogens (tertiary/aromatic N) is 2. The van der Waals surface area contributed by atoms with Crippen molar-refractivity contribution in [3.8, 4) is 0 Å². The second-order valence-electron chi connectivity index (χ2n) is 6.32. The van der Waals surface area contributed by atoms with Crippen LogP contribution < -0.4 is 4.90 Å².